The Morgan fingerprint density at radius 1 is 1.31 bits per heavy atom. The first-order valence-corrected chi connectivity index (χ1v) is 6.13. The summed E-state index contributed by atoms with van der Waals surface area (Å²) < 4.78 is 5.09. The quantitative estimate of drug-likeness (QED) is 0.825. The lowest BCUT2D eigenvalue weighted by atomic mass is 9.95. The summed E-state index contributed by atoms with van der Waals surface area (Å²) in [5.41, 5.74) is 0. The van der Waals surface area contributed by atoms with Gasteiger partial charge in [0, 0.05) is 17.5 Å². The van der Waals surface area contributed by atoms with Crippen LogP contribution >= 0.6 is 11.6 Å². The summed E-state index contributed by atoms with van der Waals surface area (Å²) in [5.74, 6) is 1.54. The number of pyridine rings is 1. The molecule has 1 N–H and O–H groups in total. The van der Waals surface area contributed by atoms with Crippen molar-refractivity contribution in [2.45, 2.75) is 37.1 Å². The molecule has 1 aromatic rings. The molecule has 0 bridgehead atoms. The van der Waals surface area contributed by atoms with Crippen molar-refractivity contribution in [3.8, 4) is 5.88 Å². The van der Waals surface area contributed by atoms with Gasteiger partial charge in [-0.25, -0.2) is 0 Å². The van der Waals surface area contributed by atoms with Crippen molar-refractivity contribution in [3.05, 3.63) is 18.2 Å². The van der Waals surface area contributed by atoms with Crippen molar-refractivity contribution < 1.29 is 4.74 Å². The second kappa shape index (κ2) is 5.39. The molecule has 1 heterocycles. The van der Waals surface area contributed by atoms with Crippen molar-refractivity contribution in [3.63, 3.8) is 0 Å². The number of anilines is 1. The molecule has 0 radical (unpaired) electrons. The Morgan fingerprint density at radius 3 is 2.75 bits per heavy atom. The molecule has 1 saturated carbocycles. The highest BCUT2D eigenvalue weighted by Gasteiger charge is 2.19. The van der Waals surface area contributed by atoms with Crippen LogP contribution in [0.25, 0.3) is 0 Å². The number of aromatic nitrogens is 1. The summed E-state index contributed by atoms with van der Waals surface area (Å²) >= 11 is 6.07. The predicted octanol–water partition coefficient (Wildman–Crippen LogP) is 3.05. The number of halogens is 1. The predicted molar refractivity (Wildman–Crippen MR) is 66.3 cm³/mol. The lowest BCUT2D eigenvalue weighted by Gasteiger charge is -2.26. The molecule has 88 valence electrons. The first kappa shape index (κ1) is 11.5. The van der Waals surface area contributed by atoms with Gasteiger partial charge in [0.25, 0.3) is 0 Å². The van der Waals surface area contributed by atoms with Gasteiger partial charge < -0.3 is 10.1 Å². The van der Waals surface area contributed by atoms with E-state index in [1.807, 2.05) is 18.2 Å². The fraction of sp³-hybridized carbons (Fsp3) is 0.583. The summed E-state index contributed by atoms with van der Waals surface area (Å²) in [6.45, 7) is 0. The molecule has 16 heavy (non-hydrogen) atoms. The molecule has 0 unspecified atom stereocenters. The Morgan fingerprint density at radius 2 is 2.06 bits per heavy atom. The molecule has 0 aromatic carbocycles. The minimum absolute atomic E-state index is 0.358. The molecule has 2 rings (SSSR count). The van der Waals surface area contributed by atoms with Crippen molar-refractivity contribution in [1.82, 2.24) is 4.98 Å². The maximum absolute atomic E-state index is 6.07. The van der Waals surface area contributed by atoms with E-state index in [9.17, 15) is 0 Å². The fourth-order valence-electron chi connectivity index (χ4n) is 2.02. The summed E-state index contributed by atoms with van der Waals surface area (Å²) in [4.78, 5) is 4.34. The summed E-state index contributed by atoms with van der Waals surface area (Å²) in [6.07, 6.45) is 4.41. The Bertz CT molecular complexity index is 338. The standard InChI is InChI=1S/C12H17ClN2O/c1-16-12-4-2-3-11(15-12)14-10-7-5-9(13)6-8-10/h2-4,9-10H,5-8H2,1H3,(H,14,15). The Kier molecular flexibility index (Phi) is 3.88. The Hall–Kier alpha value is -0.960. The van der Waals surface area contributed by atoms with Gasteiger partial charge in [-0.15, -0.1) is 11.6 Å². The molecule has 1 fully saturated rings. The average Bonchev–Trinajstić information content (AvgIpc) is 2.32. The largest absolute Gasteiger partial charge is 0.481 e. The number of ether oxygens (including phenoxy) is 1. The number of rotatable bonds is 3. The van der Waals surface area contributed by atoms with E-state index in [4.69, 9.17) is 16.3 Å². The highest BCUT2D eigenvalue weighted by Crippen LogP contribution is 2.25. The maximum atomic E-state index is 6.07. The minimum Gasteiger partial charge on any atom is -0.481 e. The highest BCUT2D eigenvalue weighted by atomic mass is 35.5. The van der Waals surface area contributed by atoms with Crippen LogP contribution in [0, 0.1) is 0 Å². The molecule has 3 nitrogen and oxygen atoms in total. The number of hydrogen-bond acceptors (Lipinski definition) is 3. The summed E-state index contributed by atoms with van der Waals surface area (Å²) in [6, 6.07) is 6.26. The van der Waals surface area contributed by atoms with E-state index >= 15 is 0 Å². The topological polar surface area (TPSA) is 34.1 Å². The normalized spacial score (nSPS) is 25.1. The third-order valence-corrected chi connectivity index (χ3v) is 3.38. The number of hydrogen-bond donors (Lipinski definition) is 1. The molecule has 0 aliphatic heterocycles. The first-order valence-electron chi connectivity index (χ1n) is 5.69. The van der Waals surface area contributed by atoms with Gasteiger partial charge in [0.15, 0.2) is 0 Å². The van der Waals surface area contributed by atoms with Gasteiger partial charge >= 0.3 is 0 Å². The number of methoxy groups -OCH3 is 1. The van der Waals surface area contributed by atoms with Crippen LogP contribution in [0.3, 0.4) is 0 Å². The van der Waals surface area contributed by atoms with Crippen LogP contribution in [-0.2, 0) is 0 Å². The molecular weight excluding hydrogens is 224 g/mol. The first-order chi connectivity index (χ1) is 7.78. The molecule has 1 aliphatic carbocycles. The zero-order valence-corrected chi connectivity index (χ0v) is 10.2. The lowest BCUT2D eigenvalue weighted by Crippen LogP contribution is -2.26. The molecule has 0 atom stereocenters. The van der Waals surface area contributed by atoms with Gasteiger partial charge in [0.2, 0.25) is 5.88 Å². The molecule has 4 heteroatoms. The fourth-order valence-corrected chi connectivity index (χ4v) is 2.27. The van der Waals surface area contributed by atoms with E-state index in [2.05, 4.69) is 10.3 Å². The third-order valence-electron chi connectivity index (χ3n) is 2.94. The Labute approximate surface area is 101 Å². The van der Waals surface area contributed by atoms with Gasteiger partial charge in [-0.3, -0.25) is 0 Å². The van der Waals surface area contributed by atoms with Crippen molar-refractivity contribution in [2.24, 2.45) is 0 Å². The zero-order chi connectivity index (χ0) is 11.4. The highest BCUT2D eigenvalue weighted by molar-refractivity contribution is 6.20. The van der Waals surface area contributed by atoms with Crippen LogP contribution in [-0.4, -0.2) is 23.5 Å². The van der Waals surface area contributed by atoms with Crippen LogP contribution in [0.4, 0.5) is 5.82 Å². The van der Waals surface area contributed by atoms with Gasteiger partial charge in [-0.05, 0) is 31.7 Å². The maximum Gasteiger partial charge on any atom is 0.214 e. The van der Waals surface area contributed by atoms with Crippen LogP contribution in [0.1, 0.15) is 25.7 Å². The van der Waals surface area contributed by atoms with E-state index < -0.39 is 0 Å². The van der Waals surface area contributed by atoms with Crippen LogP contribution in [0.5, 0.6) is 5.88 Å². The van der Waals surface area contributed by atoms with E-state index in [0.29, 0.717) is 17.3 Å². The Balaban J connectivity index is 1.93. The number of nitrogens with one attached hydrogen (secondary N) is 1. The average molecular weight is 241 g/mol. The number of nitrogens with zero attached hydrogens (tertiary/aromatic N) is 1. The third kappa shape index (κ3) is 3.01. The van der Waals surface area contributed by atoms with E-state index in [1.54, 1.807) is 7.11 Å². The van der Waals surface area contributed by atoms with E-state index in [0.717, 1.165) is 31.5 Å². The van der Waals surface area contributed by atoms with Crippen LogP contribution < -0.4 is 10.1 Å². The summed E-state index contributed by atoms with van der Waals surface area (Å²) in [7, 11) is 1.63. The molecule has 1 aromatic heterocycles. The lowest BCUT2D eigenvalue weighted by molar-refractivity contribution is 0.397. The van der Waals surface area contributed by atoms with E-state index in [1.165, 1.54) is 0 Å². The van der Waals surface area contributed by atoms with Crippen LogP contribution in [0.15, 0.2) is 18.2 Å². The van der Waals surface area contributed by atoms with Crippen molar-refractivity contribution in [1.29, 1.82) is 0 Å². The molecule has 0 amide bonds. The second-order valence-electron chi connectivity index (χ2n) is 4.16. The van der Waals surface area contributed by atoms with Gasteiger partial charge in [-0.2, -0.15) is 4.98 Å². The minimum atomic E-state index is 0.358. The second-order valence-corrected chi connectivity index (χ2v) is 4.78. The van der Waals surface area contributed by atoms with Crippen molar-refractivity contribution >= 4 is 17.4 Å². The molecule has 0 spiro atoms. The smallest absolute Gasteiger partial charge is 0.214 e. The summed E-state index contributed by atoms with van der Waals surface area (Å²) in [5, 5.41) is 3.78. The molecule has 0 saturated heterocycles. The van der Waals surface area contributed by atoms with Gasteiger partial charge in [-0.1, -0.05) is 6.07 Å². The van der Waals surface area contributed by atoms with Crippen LogP contribution in [0.2, 0.25) is 0 Å². The monoisotopic (exact) mass is 240 g/mol. The van der Waals surface area contributed by atoms with E-state index in [-0.39, 0.29) is 0 Å². The number of alkyl halides is 1. The van der Waals surface area contributed by atoms with Gasteiger partial charge in [0.1, 0.15) is 5.82 Å². The molecule has 1 aliphatic rings. The van der Waals surface area contributed by atoms with Gasteiger partial charge in [0.05, 0.1) is 7.11 Å². The zero-order valence-electron chi connectivity index (χ0n) is 9.45. The SMILES string of the molecule is COc1cccc(NC2CCC(Cl)CC2)n1. The molecular formula is C12H17ClN2O. The van der Waals surface area contributed by atoms with Crippen molar-refractivity contribution in [2.75, 3.05) is 12.4 Å².